The summed E-state index contributed by atoms with van der Waals surface area (Å²) < 4.78 is 33.6. The van der Waals surface area contributed by atoms with Crippen LogP contribution in [-0.2, 0) is 7.05 Å². The van der Waals surface area contributed by atoms with Crippen molar-refractivity contribution < 1.29 is 10.1 Å². The first-order valence-electron chi connectivity index (χ1n) is 10.0. The molecule has 0 aliphatic rings. The van der Waals surface area contributed by atoms with Gasteiger partial charge in [-0.05, 0) is 54.8 Å². The number of rotatable bonds is 4. The van der Waals surface area contributed by atoms with E-state index in [0.717, 1.165) is 22.4 Å². The lowest BCUT2D eigenvalue weighted by Gasteiger charge is -2.26. The molecule has 2 aromatic rings. The van der Waals surface area contributed by atoms with Crippen LogP contribution in [0.15, 0.2) is 36.5 Å². The second-order valence-corrected chi connectivity index (χ2v) is 6.71. The lowest BCUT2D eigenvalue weighted by molar-refractivity contribution is -0.660. The number of nitrogens with zero attached hydrogens (tertiary/aromatic N) is 1. The van der Waals surface area contributed by atoms with E-state index < -0.39 is 12.7 Å². The minimum absolute atomic E-state index is 0.211. The average Bonchev–Trinajstić information content (AvgIpc) is 2.53. The van der Waals surface area contributed by atoms with E-state index in [9.17, 15) is 0 Å². The second kappa shape index (κ2) is 6.64. The highest BCUT2D eigenvalue weighted by molar-refractivity contribution is 5.61. The smallest absolute Gasteiger partial charge is 0.201 e. The van der Waals surface area contributed by atoms with Crippen LogP contribution in [0.1, 0.15) is 55.8 Å². The van der Waals surface area contributed by atoms with Gasteiger partial charge in [-0.15, -0.1) is 0 Å². The van der Waals surface area contributed by atoms with Gasteiger partial charge in [0.1, 0.15) is 7.05 Å². The van der Waals surface area contributed by atoms with Crippen LogP contribution in [0.25, 0.3) is 11.3 Å². The van der Waals surface area contributed by atoms with Crippen molar-refractivity contribution in [1.29, 1.82) is 0 Å². The van der Waals surface area contributed by atoms with Gasteiger partial charge in [0.15, 0.2) is 6.20 Å². The number of hydrogen-bond acceptors (Lipinski definition) is 0. The summed E-state index contributed by atoms with van der Waals surface area (Å²) in [6, 6.07) is 9.76. The first-order valence-corrected chi connectivity index (χ1v) is 8.00. The van der Waals surface area contributed by atoms with Crippen molar-refractivity contribution in [3.63, 3.8) is 0 Å². The van der Waals surface area contributed by atoms with E-state index >= 15 is 0 Å². The Morgan fingerprint density at radius 2 is 1.73 bits per heavy atom. The summed E-state index contributed by atoms with van der Waals surface area (Å²) in [5.74, 6) is -0.207. The van der Waals surface area contributed by atoms with Gasteiger partial charge in [-0.3, -0.25) is 0 Å². The third kappa shape index (κ3) is 3.40. The molecule has 0 aliphatic carbocycles. The van der Waals surface area contributed by atoms with Gasteiger partial charge in [0.05, 0.1) is 0 Å². The van der Waals surface area contributed by atoms with Gasteiger partial charge in [-0.1, -0.05) is 39.8 Å². The number of aromatic nitrogens is 1. The fourth-order valence-electron chi connectivity index (χ4n) is 3.35. The molecule has 0 saturated heterocycles. The molecule has 0 radical (unpaired) electrons. The molecule has 0 fully saturated rings. The molecule has 1 aromatic heterocycles. The monoisotopic (exact) mass is 300 g/mol. The molecule has 118 valence electrons. The highest BCUT2D eigenvalue weighted by atomic mass is 14.9. The van der Waals surface area contributed by atoms with Gasteiger partial charge < -0.3 is 0 Å². The summed E-state index contributed by atoms with van der Waals surface area (Å²) in [5.41, 5.74) is 4.49. The van der Waals surface area contributed by atoms with Crippen LogP contribution < -0.4 is 4.57 Å². The maximum Gasteiger partial charge on any atom is 0.212 e. The summed E-state index contributed by atoms with van der Waals surface area (Å²) >= 11 is 0. The molecule has 0 unspecified atom stereocenters. The van der Waals surface area contributed by atoms with Crippen molar-refractivity contribution in [2.24, 2.45) is 18.9 Å². The standard InChI is InChI=1S/C21H30N/c1-14(2)21(15(3)4)18-9-10-19(17(6)12-18)20-11-8-16(5)13-22(20)7/h8-15,21H,1-7H3/q+1/i5D3,21D. The van der Waals surface area contributed by atoms with Crippen LogP contribution in [-0.4, -0.2) is 0 Å². The van der Waals surface area contributed by atoms with E-state index in [1.165, 1.54) is 0 Å². The Bertz CT molecular complexity index is 783. The molecule has 22 heavy (non-hydrogen) atoms. The van der Waals surface area contributed by atoms with Gasteiger partial charge in [-0.25, -0.2) is 4.57 Å². The predicted octanol–water partition coefficient (Wildman–Crippen LogP) is 5.19. The molecule has 0 amide bonds. The highest BCUT2D eigenvalue weighted by Crippen LogP contribution is 2.34. The molecule has 0 spiro atoms. The zero-order valence-electron chi connectivity index (χ0n) is 18.6. The molecule has 1 heterocycles. The van der Waals surface area contributed by atoms with Crippen molar-refractivity contribution in [3.8, 4) is 11.3 Å². The van der Waals surface area contributed by atoms with Crippen molar-refractivity contribution in [1.82, 2.24) is 0 Å². The van der Waals surface area contributed by atoms with Gasteiger partial charge in [0.2, 0.25) is 5.69 Å². The maximum atomic E-state index is 9.01. The molecule has 0 atom stereocenters. The molecule has 1 aromatic carbocycles. The molecule has 0 aliphatic heterocycles. The summed E-state index contributed by atoms with van der Waals surface area (Å²) in [7, 11) is 1.87. The van der Waals surface area contributed by atoms with E-state index in [0.29, 0.717) is 5.56 Å². The second-order valence-electron chi connectivity index (χ2n) is 6.71. The van der Waals surface area contributed by atoms with Crippen LogP contribution >= 0.6 is 0 Å². The van der Waals surface area contributed by atoms with Crippen LogP contribution in [0.3, 0.4) is 0 Å². The zero-order chi connectivity index (χ0) is 19.9. The first-order chi connectivity index (χ1) is 11.9. The molecule has 1 nitrogen and oxygen atoms in total. The van der Waals surface area contributed by atoms with Gasteiger partial charge in [-0.2, -0.15) is 0 Å². The molecular formula is C21H30N+. The Labute approximate surface area is 141 Å². The summed E-state index contributed by atoms with van der Waals surface area (Å²) in [4.78, 5) is 0. The lowest BCUT2D eigenvalue weighted by Crippen LogP contribution is -2.31. The topological polar surface area (TPSA) is 3.88 Å². The molecule has 2 rings (SSSR count). The Morgan fingerprint density at radius 3 is 2.23 bits per heavy atom. The number of benzene rings is 1. The van der Waals surface area contributed by atoms with Crippen LogP contribution in [0.2, 0.25) is 0 Å². The summed E-state index contributed by atoms with van der Waals surface area (Å²) in [5, 5.41) is 0. The Kier molecular flexibility index (Phi) is 3.59. The van der Waals surface area contributed by atoms with Gasteiger partial charge in [0, 0.05) is 22.7 Å². The molecule has 0 saturated carbocycles. The third-order valence-corrected chi connectivity index (χ3v) is 4.21. The SMILES string of the molecule is [2H]C([2H])([2H])c1ccc(-c2ccc(C([2H])(C(C)C)C(C)C)cc2C)[n+](C)c1. The zero-order valence-corrected chi connectivity index (χ0v) is 14.6. The van der Waals surface area contributed by atoms with Gasteiger partial charge in [0.25, 0.3) is 0 Å². The van der Waals surface area contributed by atoms with Crippen molar-refractivity contribution >= 4 is 0 Å². The largest absolute Gasteiger partial charge is 0.212 e. The van der Waals surface area contributed by atoms with Crippen molar-refractivity contribution in [2.45, 2.75) is 47.4 Å². The predicted molar refractivity (Wildman–Crippen MR) is 94.9 cm³/mol. The summed E-state index contributed by atoms with van der Waals surface area (Å²) in [6.45, 7) is 8.35. The average molecular weight is 301 g/mol. The fourth-order valence-corrected chi connectivity index (χ4v) is 3.35. The lowest BCUT2D eigenvalue weighted by atomic mass is 9.79. The summed E-state index contributed by atoms with van der Waals surface area (Å²) in [6.07, 6.45) is 1.67. The van der Waals surface area contributed by atoms with Crippen molar-refractivity contribution in [3.05, 3.63) is 53.2 Å². The third-order valence-electron chi connectivity index (χ3n) is 4.21. The van der Waals surface area contributed by atoms with Gasteiger partial charge >= 0.3 is 0 Å². The molecule has 1 heteroatoms. The Hall–Kier alpha value is -1.63. The minimum Gasteiger partial charge on any atom is -0.201 e. The minimum atomic E-state index is -2.10. The Morgan fingerprint density at radius 1 is 1.05 bits per heavy atom. The van der Waals surface area contributed by atoms with E-state index in [-0.39, 0.29) is 11.8 Å². The molecule has 0 N–H and O–H groups in total. The first kappa shape index (κ1) is 11.9. The van der Waals surface area contributed by atoms with Crippen LogP contribution in [0, 0.1) is 25.6 Å². The van der Waals surface area contributed by atoms with E-state index in [4.69, 9.17) is 5.48 Å². The highest BCUT2D eigenvalue weighted by Gasteiger charge is 2.21. The number of aryl methyl sites for hydroxylation is 3. The van der Waals surface area contributed by atoms with E-state index in [1.54, 1.807) is 12.3 Å². The number of pyridine rings is 1. The van der Waals surface area contributed by atoms with E-state index in [2.05, 4.69) is 46.8 Å². The van der Waals surface area contributed by atoms with Crippen molar-refractivity contribution in [2.75, 3.05) is 0 Å². The molecule has 0 bridgehead atoms. The van der Waals surface area contributed by atoms with Crippen LogP contribution in [0.4, 0.5) is 0 Å². The quantitative estimate of drug-likeness (QED) is 0.684. The fraction of sp³-hybridized carbons (Fsp3) is 0.476. The van der Waals surface area contributed by atoms with E-state index in [1.807, 2.05) is 23.7 Å². The molecular weight excluding hydrogens is 266 g/mol. The maximum absolute atomic E-state index is 9.01. The number of hydrogen-bond donors (Lipinski definition) is 0. The Balaban J connectivity index is 2.52. The van der Waals surface area contributed by atoms with Crippen LogP contribution in [0.5, 0.6) is 0 Å². The normalized spacial score (nSPS) is 15.5.